The Labute approximate surface area is 256 Å². The summed E-state index contributed by atoms with van der Waals surface area (Å²) >= 11 is 0. The molecule has 0 unspecified atom stereocenters. The topological polar surface area (TPSA) is 151 Å². The largest absolute Gasteiger partial charge is 0.377 e. The van der Waals surface area contributed by atoms with Gasteiger partial charge in [-0.25, -0.2) is 26.3 Å². The first-order valence-corrected chi connectivity index (χ1v) is 16.4. The molecule has 0 atom stereocenters. The molecule has 0 fully saturated rings. The van der Waals surface area contributed by atoms with Crippen LogP contribution >= 0.6 is 0 Å². The van der Waals surface area contributed by atoms with Crippen LogP contribution in [0.5, 0.6) is 0 Å². The van der Waals surface area contributed by atoms with Crippen LogP contribution in [0.4, 0.5) is 11.4 Å². The fourth-order valence-electron chi connectivity index (χ4n) is 4.69. The lowest BCUT2D eigenvalue weighted by atomic mass is 10.1. The normalized spacial score (nSPS) is 11.8. The molecule has 0 aliphatic carbocycles. The second kappa shape index (κ2) is 13.6. The van der Waals surface area contributed by atoms with Gasteiger partial charge in [0.05, 0.1) is 23.0 Å². The van der Waals surface area contributed by atoms with E-state index in [-0.39, 0.29) is 23.0 Å². The van der Waals surface area contributed by atoms with Crippen LogP contribution in [0.2, 0.25) is 0 Å². The van der Waals surface area contributed by atoms with Crippen LogP contribution in [0.3, 0.4) is 0 Å². The Morgan fingerprint density at radius 1 is 0.568 bits per heavy atom. The molecule has 0 bridgehead atoms. The van der Waals surface area contributed by atoms with Crippen molar-refractivity contribution in [2.45, 2.75) is 9.79 Å². The molecule has 12 nitrogen and oxygen atoms in total. The fraction of sp³-hybridized carbons (Fsp3) is 0.267. The second-order valence-electron chi connectivity index (χ2n) is 10.2. The molecule has 0 radical (unpaired) electrons. The molecule has 0 saturated heterocycles. The summed E-state index contributed by atoms with van der Waals surface area (Å²) in [5.74, 6) is -1.77. The average Bonchev–Trinajstić information content (AvgIpc) is 2.96. The Bertz CT molecular complexity index is 1770. The number of sulfonamides is 2. The lowest BCUT2D eigenvalue weighted by molar-refractivity contribution is -0.127. The van der Waals surface area contributed by atoms with E-state index in [2.05, 4.69) is 0 Å². The molecule has 234 valence electrons. The molecule has 0 saturated carbocycles. The van der Waals surface area contributed by atoms with Crippen molar-refractivity contribution < 1.29 is 35.9 Å². The number of ether oxygens (including phenoxy) is 2. The first kappa shape index (κ1) is 32.7. The molecule has 14 heteroatoms. The maximum absolute atomic E-state index is 13.0. The predicted octanol–water partition coefficient (Wildman–Crippen LogP) is 2.47. The van der Waals surface area contributed by atoms with Crippen molar-refractivity contribution in [1.29, 1.82) is 0 Å². The van der Waals surface area contributed by atoms with Crippen LogP contribution < -0.4 is 19.2 Å². The van der Waals surface area contributed by atoms with E-state index in [9.17, 15) is 26.4 Å². The minimum Gasteiger partial charge on any atom is -0.377 e. The van der Waals surface area contributed by atoms with Crippen molar-refractivity contribution in [1.82, 2.24) is 9.44 Å². The van der Waals surface area contributed by atoms with E-state index in [0.717, 1.165) is 11.4 Å². The number of anilines is 2. The smallest absolute Gasteiger partial charge is 0.264 e. The molecule has 0 heterocycles. The van der Waals surface area contributed by atoms with Gasteiger partial charge in [0.25, 0.3) is 31.9 Å². The Morgan fingerprint density at radius 2 is 0.909 bits per heavy atom. The number of carbonyl (C=O) groups is 2. The highest BCUT2D eigenvalue weighted by atomic mass is 32.2. The zero-order valence-electron chi connectivity index (χ0n) is 24.7. The number of fused-ring (bicyclic) bond motifs is 2. The quantitative estimate of drug-likeness (QED) is 0.208. The number of benzene rings is 4. The molecular formula is C30H34N4O8S2. The van der Waals surface area contributed by atoms with Crippen LogP contribution in [0.15, 0.2) is 82.6 Å². The van der Waals surface area contributed by atoms with E-state index >= 15 is 0 Å². The Morgan fingerprint density at radius 3 is 1.27 bits per heavy atom. The molecule has 0 aromatic heterocycles. The number of nitrogens with one attached hydrogen (secondary N) is 2. The molecule has 4 rings (SSSR count). The highest BCUT2D eigenvalue weighted by Crippen LogP contribution is 2.31. The van der Waals surface area contributed by atoms with Gasteiger partial charge in [0, 0.05) is 61.1 Å². The average molecular weight is 643 g/mol. The molecule has 2 N–H and O–H groups in total. The first-order valence-electron chi connectivity index (χ1n) is 13.5. The number of carbonyl (C=O) groups excluding carboxylic acids is 2. The summed E-state index contributed by atoms with van der Waals surface area (Å²) in [6.45, 7) is -1.45. The molecule has 4 aromatic rings. The van der Waals surface area contributed by atoms with Crippen LogP contribution in [0, 0.1) is 0 Å². The van der Waals surface area contributed by atoms with Gasteiger partial charge in [0.1, 0.15) is 13.2 Å². The SMILES string of the molecule is CN(C)c1cccc2c(S(=O)(=O)NC(=O)COCCOCC(=O)NS(=O)(=O)c3cccc4c(N(C)C)cccc34)cccc12. The molecule has 44 heavy (non-hydrogen) atoms. The molecule has 0 aliphatic heterocycles. The zero-order chi connectivity index (χ0) is 32.1. The lowest BCUT2D eigenvalue weighted by Crippen LogP contribution is -2.35. The summed E-state index contributed by atoms with van der Waals surface area (Å²) in [4.78, 5) is 28.3. The van der Waals surface area contributed by atoms with Gasteiger partial charge in [0.2, 0.25) is 0 Å². The van der Waals surface area contributed by atoms with Crippen molar-refractivity contribution in [3.63, 3.8) is 0 Å². The highest BCUT2D eigenvalue weighted by Gasteiger charge is 2.22. The predicted molar refractivity (Wildman–Crippen MR) is 169 cm³/mol. The molecule has 2 amide bonds. The summed E-state index contributed by atoms with van der Waals surface area (Å²) in [6, 6.07) is 20.2. The summed E-state index contributed by atoms with van der Waals surface area (Å²) in [5, 5.41) is 2.36. The highest BCUT2D eigenvalue weighted by molar-refractivity contribution is 7.90. The maximum atomic E-state index is 13.0. The number of hydrogen-bond acceptors (Lipinski definition) is 10. The minimum atomic E-state index is -4.19. The summed E-state index contributed by atoms with van der Waals surface area (Å²) < 4.78 is 66.2. The van der Waals surface area contributed by atoms with Crippen LogP contribution in [0.25, 0.3) is 21.5 Å². The first-order chi connectivity index (χ1) is 20.8. The van der Waals surface area contributed by atoms with Crippen molar-refractivity contribution >= 4 is 64.8 Å². The zero-order valence-corrected chi connectivity index (χ0v) is 26.4. The van der Waals surface area contributed by atoms with Gasteiger partial charge in [-0.3, -0.25) is 9.59 Å². The van der Waals surface area contributed by atoms with Gasteiger partial charge in [-0.2, -0.15) is 0 Å². The summed E-state index contributed by atoms with van der Waals surface area (Å²) in [5.41, 5.74) is 1.65. The lowest BCUT2D eigenvalue weighted by Gasteiger charge is -2.17. The number of rotatable bonds is 13. The summed E-state index contributed by atoms with van der Waals surface area (Å²) in [6.07, 6.45) is 0. The third kappa shape index (κ3) is 7.45. The van der Waals surface area contributed by atoms with Gasteiger partial charge in [-0.1, -0.05) is 48.5 Å². The summed E-state index contributed by atoms with van der Waals surface area (Å²) in [7, 11) is -0.990. The van der Waals surface area contributed by atoms with E-state index < -0.39 is 45.1 Å². The number of hydrogen-bond donors (Lipinski definition) is 2. The van der Waals surface area contributed by atoms with Crippen LogP contribution in [0.1, 0.15) is 0 Å². The minimum absolute atomic E-state index is 0.0435. The van der Waals surface area contributed by atoms with Crippen molar-refractivity contribution in [2.75, 3.05) is 64.4 Å². The maximum Gasteiger partial charge on any atom is 0.264 e. The Hall–Kier alpha value is -4.24. The third-order valence-corrected chi connectivity index (χ3v) is 9.46. The fourth-order valence-corrected chi connectivity index (χ4v) is 7.08. The van der Waals surface area contributed by atoms with Gasteiger partial charge < -0.3 is 19.3 Å². The van der Waals surface area contributed by atoms with E-state index in [0.29, 0.717) is 21.5 Å². The Balaban J connectivity index is 1.25. The molecule has 4 aromatic carbocycles. The van der Waals surface area contributed by atoms with Crippen molar-refractivity contribution in [2.24, 2.45) is 0 Å². The van der Waals surface area contributed by atoms with Crippen LogP contribution in [-0.2, 0) is 39.1 Å². The van der Waals surface area contributed by atoms with Crippen molar-refractivity contribution in [3.05, 3.63) is 72.8 Å². The van der Waals surface area contributed by atoms with E-state index in [1.165, 1.54) is 12.1 Å². The van der Waals surface area contributed by atoms with Gasteiger partial charge in [0.15, 0.2) is 0 Å². The van der Waals surface area contributed by atoms with E-state index in [1.807, 2.05) is 59.6 Å². The Kier molecular flexibility index (Phi) is 10.1. The third-order valence-electron chi connectivity index (χ3n) is 6.60. The van der Waals surface area contributed by atoms with Gasteiger partial charge in [-0.05, 0) is 24.3 Å². The van der Waals surface area contributed by atoms with Crippen LogP contribution in [-0.4, -0.2) is 83.3 Å². The van der Waals surface area contributed by atoms with Gasteiger partial charge >= 0.3 is 0 Å². The number of amides is 2. The second-order valence-corrected chi connectivity index (χ2v) is 13.5. The van der Waals surface area contributed by atoms with E-state index in [1.54, 1.807) is 48.5 Å². The van der Waals surface area contributed by atoms with E-state index in [4.69, 9.17) is 9.47 Å². The molecular weight excluding hydrogens is 608 g/mol. The van der Waals surface area contributed by atoms with Gasteiger partial charge in [-0.15, -0.1) is 0 Å². The molecule has 0 aliphatic rings. The standard InChI is InChI=1S/C30H34N4O8S2/c1-33(2)25-13-5-11-23-21(25)9-7-15-27(23)43(37,38)31-29(35)19-41-17-18-42-20-30(36)32-44(39,40)28-16-8-10-22-24(28)12-6-14-26(22)34(3)4/h5-16H,17-20H2,1-4H3,(H,31,35)(H,32,36). The van der Waals surface area contributed by atoms with Crippen molar-refractivity contribution in [3.8, 4) is 0 Å². The molecule has 0 spiro atoms. The number of nitrogens with zero attached hydrogens (tertiary/aromatic N) is 2. The monoisotopic (exact) mass is 642 g/mol.